The summed E-state index contributed by atoms with van der Waals surface area (Å²) in [5, 5.41) is 9.97. The molecule has 1 saturated heterocycles. The van der Waals surface area contributed by atoms with Crippen molar-refractivity contribution in [2.75, 3.05) is 6.61 Å². The zero-order chi connectivity index (χ0) is 16.4. The van der Waals surface area contributed by atoms with Crippen molar-refractivity contribution < 1.29 is 28.2 Å². The Bertz CT molecular complexity index is 588. The van der Waals surface area contributed by atoms with Crippen LogP contribution in [-0.2, 0) is 9.53 Å². The molecule has 1 aliphatic heterocycles. The molecule has 6 heteroatoms. The zero-order valence-electron chi connectivity index (χ0n) is 12.4. The predicted molar refractivity (Wildman–Crippen MR) is 78.1 cm³/mol. The van der Waals surface area contributed by atoms with Gasteiger partial charge in [0.15, 0.2) is 6.61 Å². The minimum absolute atomic E-state index is 0.169. The molecule has 0 radical (unpaired) electrons. The van der Waals surface area contributed by atoms with Crippen molar-refractivity contribution in [2.45, 2.75) is 31.0 Å². The number of ether oxygens (including phenoxy) is 2. The first-order valence-corrected chi connectivity index (χ1v) is 7.57. The van der Waals surface area contributed by atoms with E-state index in [1.807, 2.05) is 0 Å². The number of para-hydroxylation sites is 1. The van der Waals surface area contributed by atoms with E-state index in [1.165, 1.54) is 6.08 Å². The third-order valence-corrected chi connectivity index (χ3v) is 4.31. The minimum Gasteiger partial charge on any atom is -0.487 e. The van der Waals surface area contributed by atoms with E-state index in [0.717, 1.165) is 6.08 Å². The van der Waals surface area contributed by atoms with Crippen molar-refractivity contribution in [1.82, 2.24) is 0 Å². The summed E-state index contributed by atoms with van der Waals surface area (Å²) in [5.41, 5.74) is 0. The van der Waals surface area contributed by atoms with Gasteiger partial charge >= 0.3 is 5.97 Å². The van der Waals surface area contributed by atoms with Crippen LogP contribution in [0, 0.1) is 11.8 Å². The Morgan fingerprint density at radius 2 is 2.09 bits per heavy atom. The molecule has 4 nitrogen and oxygen atoms in total. The molecule has 1 saturated carbocycles. The smallest absolute Gasteiger partial charge is 0.306 e. The van der Waals surface area contributed by atoms with Crippen LogP contribution in [0.3, 0.4) is 0 Å². The Balaban J connectivity index is 1.60. The third kappa shape index (κ3) is 3.69. The van der Waals surface area contributed by atoms with Crippen molar-refractivity contribution in [3.8, 4) is 5.75 Å². The lowest BCUT2D eigenvalue weighted by Crippen LogP contribution is -2.25. The fourth-order valence-corrected chi connectivity index (χ4v) is 3.18. The van der Waals surface area contributed by atoms with Gasteiger partial charge in [-0.15, -0.1) is 0 Å². The molecule has 1 aromatic rings. The summed E-state index contributed by atoms with van der Waals surface area (Å²) in [4.78, 5) is 11.3. The maximum absolute atomic E-state index is 13.9. The molecule has 1 aliphatic carbocycles. The van der Waals surface area contributed by atoms with Gasteiger partial charge in [-0.25, -0.2) is 0 Å². The summed E-state index contributed by atoms with van der Waals surface area (Å²) in [6.07, 6.45) is 1.41. The third-order valence-electron chi connectivity index (χ3n) is 4.31. The number of halogens is 2. The van der Waals surface area contributed by atoms with Crippen LogP contribution in [0.1, 0.15) is 12.8 Å². The number of hydrogen-bond acceptors (Lipinski definition) is 4. The first-order valence-electron chi connectivity index (χ1n) is 7.57. The molecule has 1 heterocycles. The fourth-order valence-electron chi connectivity index (χ4n) is 3.18. The first kappa shape index (κ1) is 15.9. The molecule has 2 fully saturated rings. The highest BCUT2D eigenvalue weighted by molar-refractivity contribution is 5.72. The average Bonchev–Trinajstić information content (AvgIpc) is 2.99. The molecule has 2 aliphatic rings. The summed E-state index contributed by atoms with van der Waals surface area (Å²) >= 11 is 0. The molecular weight excluding hydrogens is 306 g/mol. The van der Waals surface area contributed by atoms with Crippen molar-refractivity contribution in [2.24, 2.45) is 11.8 Å². The molecule has 0 bridgehead atoms. The van der Waals surface area contributed by atoms with Crippen LogP contribution in [0.15, 0.2) is 42.5 Å². The number of fused-ring (bicyclic) bond motifs is 1. The SMILES string of the molecule is O=C1C[C@@H]2[C@@H](C=CC(F)(F)COc3ccccc3)[C@H](O)C[C@@H]2O1. The van der Waals surface area contributed by atoms with E-state index < -0.39 is 24.6 Å². The highest BCUT2D eigenvalue weighted by atomic mass is 19.3. The first-order chi connectivity index (χ1) is 10.9. The van der Waals surface area contributed by atoms with Crippen LogP contribution in [0.2, 0.25) is 0 Å². The van der Waals surface area contributed by atoms with Crippen molar-refractivity contribution in [3.63, 3.8) is 0 Å². The minimum atomic E-state index is -3.16. The average molecular weight is 324 g/mol. The molecule has 0 amide bonds. The molecule has 0 aromatic heterocycles. The number of rotatable bonds is 5. The van der Waals surface area contributed by atoms with Gasteiger partial charge in [-0.05, 0) is 18.2 Å². The van der Waals surface area contributed by atoms with Gasteiger partial charge in [0.05, 0.1) is 12.5 Å². The van der Waals surface area contributed by atoms with Crippen molar-refractivity contribution >= 4 is 5.97 Å². The Labute approximate surface area is 132 Å². The van der Waals surface area contributed by atoms with Crippen LogP contribution in [0.4, 0.5) is 8.78 Å². The number of aliphatic hydroxyl groups is 1. The van der Waals surface area contributed by atoms with Crippen LogP contribution < -0.4 is 4.74 Å². The van der Waals surface area contributed by atoms with Gasteiger partial charge in [0.2, 0.25) is 0 Å². The van der Waals surface area contributed by atoms with Gasteiger partial charge in [-0.1, -0.05) is 24.3 Å². The number of carbonyl (C=O) groups is 1. The topological polar surface area (TPSA) is 55.8 Å². The second-order valence-electron chi connectivity index (χ2n) is 6.00. The quantitative estimate of drug-likeness (QED) is 0.668. The lowest BCUT2D eigenvalue weighted by atomic mass is 9.91. The van der Waals surface area contributed by atoms with Crippen LogP contribution in [0.25, 0.3) is 0 Å². The van der Waals surface area contributed by atoms with Crippen molar-refractivity contribution in [3.05, 3.63) is 42.5 Å². The van der Waals surface area contributed by atoms with Gasteiger partial charge in [-0.2, -0.15) is 8.78 Å². The maximum atomic E-state index is 13.9. The van der Waals surface area contributed by atoms with Crippen molar-refractivity contribution in [1.29, 1.82) is 0 Å². The number of alkyl halides is 2. The fraction of sp³-hybridized carbons (Fsp3) is 0.471. The molecule has 1 N–H and O–H groups in total. The maximum Gasteiger partial charge on any atom is 0.306 e. The molecule has 23 heavy (non-hydrogen) atoms. The normalized spacial score (nSPS) is 30.5. The van der Waals surface area contributed by atoms with E-state index in [0.29, 0.717) is 12.2 Å². The summed E-state index contributed by atoms with van der Waals surface area (Å²) in [5.74, 6) is -3.83. The lowest BCUT2D eigenvalue weighted by molar-refractivity contribution is -0.141. The number of aliphatic hydroxyl groups excluding tert-OH is 1. The molecule has 1 aromatic carbocycles. The Morgan fingerprint density at radius 1 is 1.35 bits per heavy atom. The van der Waals surface area contributed by atoms with E-state index in [9.17, 15) is 18.7 Å². The standard InChI is InChI=1S/C17H18F2O4/c18-17(19,10-22-11-4-2-1-3-5-11)7-6-12-13-8-16(21)23-15(13)9-14(12)20/h1-7,12-15,20H,8-10H2/t12-,13-,14-,15+/m1/s1. The van der Waals surface area contributed by atoms with E-state index in [1.54, 1.807) is 30.3 Å². The Hall–Kier alpha value is -1.95. The van der Waals surface area contributed by atoms with Crippen LogP contribution in [0.5, 0.6) is 5.75 Å². The van der Waals surface area contributed by atoms with E-state index in [2.05, 4.69) is 0 Å². The van der Waals surface area contributed by atoms with E-state index >= 15 is 0 Å². The summed E-state index contributed by atoms with van der Waals surface area (Å²) in [6, 6.07) is 8.39. The van der Waals surface area contributed by atoms with Gasteiger partial charge in [0, 0.05) is 18.3 Å². The molecule has 3 rings (SSSR count). The largest absolute Gasteiger partial charge is 0.487 e. The van der Waals surface area contributed by atoms with Gasteiger partial charge in [0.1, 0.15) is 11.9 Å². The molecule has 124 valence electrons. The molecular formula is C17H18F2O4. The summed E-state index contributed by atoms with van der Waals surface area (Å²) < 4.78 is 38.0. The lowest BCUT2D eigenvalue weighted by Gasteiger charge is -2.17. The monoisotopic (exact) mass is 324 g/mol. The number of hydrogen-bond donors (Lipinski definition) is 1. The molecule has 4 atom stereocenters. The van der Waals surface area contributed by atoms with E-state index in [-0.39, 0.29) is 24.4 Å². The Morgan fingerprint density at radius 3 is 2.83 bits per heavy atom. The second-order valence-corrected chi connectivity index (χ2v) is 6.00. The molecule has 0 unspecified atom stereocenters. The van der Waals surface area contributed by atoms with Gasteiger partial charge in [0.25, 0.3) is 5.92 Å². The number of esters is 1. The van der Waals surface area contributed by atoms with Gasteiger partial charge in [-0.3, -0.25) is 4.79 Å². The van der Waals surface area contributed by atoms with Crippen LogP contribution >= 0.6 is 0 Å². The van der Waals surface area contributed by atoms with Crippen LogP contribution in [-0.4, -0.2) is 35.8 Å². The second kappa shape index (κ2) is 6.28. The number of carbonyl (C=O) groups excluding carboxylic acids is 1. The summed E-state index contributed by atoms with van der Waals surface area (Å²) in [6.45, 7) is -0.778. The molecule has 0 spiro atoms. The number of benzene rings is 1. The van der Waals surface area contributed by atoms with E-state index in [4.69, 9.17) is 9.47 Å². The predicted octanol–water partition coefficient (Wildman–Crippen LogP) is 2.57. The highest BCUT2D eigenvalue weighted by Gasteiger charge is 2.48. The zero-order valence-corrected chi connectivity index (χ0v) is 12.4. The van der Waals surface area contributed by atoms with Gasteiger partial charge < -0.3 is 14.6 Å². The highest BCUT2D eigenvalue weighted by Crippen LogP contribution is 2.42. The Kier molecular flexibility index (Phi) is 4.35. The summed E-state index contributed by atoms with van der Waals surface area (Å²) in [7, 11) is 0.